The van der Waals surface area contributed by atoms with Crippen molar-refractivity contribution in [2.24, 2.45) is 0 Å². The van der Waals surface area contributed by atoms with Crippen LogP contribution in [0.5, 0.6) is 0 Å². The number of benzene rings is 1. The predicted octanol–water partition coefficient (Wildman–Crippen LogP) is 3.33. The number of anilines is 3. The van der Waals surface area contributed by atoms with Crippen LogP contribution in [0.3, 0.4) is 0 Å². The van der Waals surface area contributed by atoms with Gasteiger partial charge in [0.2, 0.25) is 0 Å². The minimum absolute atomic E-state index is 0.250. The van der Waals surface area contributed by atoms with Crippen LogP contribution in [0.1, 0.15) is 24.2 Å². The van der Waals surface area contributed by atoms with E-state index in [0.717, 1.165) is 73.1 Å². The topological polar surface area (TPSA) is 103 Å². The molecule has 1 aromatic carbocycles. The number of hydrogen-bond donors (Lipinski definition) is 1. The lowest BCUT2D eigenvalue weighted by Gasteiger charge is -2.33. The zero-order valence-corrected chi connectivity index (χ0v) is 21.4. The molecule has 4 heterocycles. The highest BCUT2D eigenvalue weighted by Gasteiger charge is 2.17. The molecule has 1 aliphatic heterocycles. The van der Waals surface area contributed by atoms with Crippen molar-refractivity contribution in [3.8, 4) is 11.3 Å². The minimum atomic E-state index is -0.250. The van der Waals surface area contributed by atoms with Gasteiger partial charge in [0.15, 0.2) is 5.82 Å². The molecule has 4 aromatic rings. The first-order valence-electron chi connectivity index (χ1n) is 12.6. The number of piperazine rings is 1. The average molecular weight is 498 g/mol. The molecule has 3 aromatic heterocycles. The van der Waals surface area contributed by atoms with Gasteiger partial charge in [0.05, 0.1) is 23.6 Å². The highest BCUT2D eigenvalue weighted by molar-refractivity contribution is 6.04. The smallest absolute Gasteiger partial charge is 0.257 e. The van der Waals surface area contributed by atoms with E-state index in [2.05, 4.69) is 61.1 Å². The van der Waals surface area contributed by atoms with Crippen molar-refractivity contribution in [2.75, 3.05) is 61.4 Å². The van der Waals surface area contributed by atoms with Gasteiger partial charge in [0, 0.05) is 62.0 Å². The summed E-state index contributed by atoms with van der Waals surface area (Å²) < 4.78 is 0. The van der Waals surface area contributed by atoms with Crippen molar-refractivity contribution in [3.63, 3.8) is 0 Å². The Morgan fingerprint density at radius 2 is 1.81 bits per heavy atom. The van der Waals surface area contributed by atoms with E-state index in [1.54, 1.807) is 24.7 Å². The maximum atomic E-state index is 13.0. The van der Waals surface area contributed by atoms with Gasteiger partial charge < -0.3 is 20.0 Å². The van der Waals surface area contributed by atoms with Crippen LogP contribution in [-0.4, -0.2) is 82.3 Å². The highest BCUT2D eigenvalue weighted by Crippen LogP contribution is 2.25. The summed E-state index contributed by atoms with van der Waals surface area (Å²) in [5.74, 6) is 1.79. The van der Waals surface area contributed by atoms with Crippen LogP contribution < -0.4 is 15.1 Å². The molecule has 1 N–H and O–H groups in total. The molecule has 190 valence electrons. The van der Waals surface area contributed by atoms with Crippen molar-refractivity contribution in [2.45, 2.75) is 13.8 Å². The van der Waals surface area contributed by atoms with Crippen molar-refractivity contribution < 1.29 is 4.79 Å². The first-order chi connectivity index (χ1) is 18.0. The number of fused-ring (bicyclic) bond motifs is 1. The fourth-order valence-corrected chi connectivity index (χ4v) is 4.42. The summed E-state index contributed by atoms with van der Waals surface area (Å²) in [6.45, 7) is 9.63. The quantitative estimate of drug-likeness (QED) is 0.412. The SMILES string of the molecule is CCN(CC)c1cncc(-c2ccc3nnc(NC(=O)c4ccnc(N5CCN(C)CC5)c4)cc3c2)n1. The molecule has 10 nitrogen and oxygen atoms in total. The molecule has 0 radical (unpaired) electrons. The maximum Gasteiger partial charge on any atom is 0.257 e. The first kappa shape index (κ1) is 24.5. The third kappa shape index (κ3) is 5.49. The number of likely N-dealkylation sites (N-methyl/N-ethyl adjacent to an activating group) is 1. The minimum Gasteiger partial charge on any atom is -0.356 e. The molecule has 0 unspecified atom stereocenters. The fraction of sp³-hybridized carbons (Fsp3) is 0.333. The molecular weight excluding hydrogens is 466 g/mol. The molecular formula is C27H31N9O. The zero-order valence-electron chi connectivity index (χ0n) is 21.4. The molecule has 0 atom stereocenters. The summed E-state index contributed by atoms with van der Waals surface area (Å²) in [6.07, 6.45) is 5.21. The van der Waals surface area contributed by atoms with Crippen molar-refractivity contribution in [1.29, 1.82) is 0 Å². The van der Waals surface area contributed by atoms with E-state index in [1.807, 2.05) is 30.3 Å². The fourth-order valence-electron chi connectivity index (χ4n) is 4.42. The number of carbonyl (C=O) groups excluding carboxylic acids is 1. The number of aromatic nitrogens is 5. The molecule has 37 heavy (non-hydrogen) atoms. The summed E-state index contributed by atoms with van der Waals surface area (Å²) in [4.78, 5) is 33.3. The second-order valence-electron chi connectivity index (χ2n) is 9.09. The summed E-state index contributed by atoms with van der Waals surface area (Å²) in [5.41, 5.74) is 2.96. The van der Waals surface area contributed by atoms with Gasteiger partial charge in [-0.2, -0.15) is 0 Å². The molecule has 1 amide bonds. The zero-order chi connectivity index (χ0) is 25.8. The number of nitrogens with one attached hydrogen (secondary N) is 1. The Morgan fingerprint density at radius 3 is 2.59 bits per heavy atom. The molecule has 0 saturated carbocycles. The van der Waals surface area contributed by atoms with E-state index in [0.29, 0.717) is 11.4 Å². The van der Waals surface area contributed by atoms with Crippen molar-refractivity contribution in [1.82, 2.24) is 30.0 Å². The summed E-state index contributed by atoms with van der Waals surface area (Å²) in [7, 11) is 2.11. The predicted molar refractivity (Wildman–Crippen MR) is 146 cm³/mol. The highest BCUT2D eigenvalue weighted by atomic mass is 16.1. The number of nitrogens with zero attached hydrogens (tertiary/aromatic N) is 8. The van der Waals surface area contributed by atoms with E-state index in [-0.39, 0.29) is 5.91 Å². The van der Waals surface area contributed by atoms with Crippen molar-refractivity contribution >= 4 is 34.3 Å². The van der Waals surface area contributed by atoms with Crippen LogP contribution >= 0.6 is 0 Å². The van der Waals surface area contributed by atoms with Gasteiger partial charge in [-0.3, -0.25) is 9.78 Å². The molecule has 0 bridgehead atoms. The molecule has 1 saturated heterocycles. The average Bonchev–Trinajstić information content (AvgIpc) is 2.94. The Balaban J connectivity index is 1.36. The second-order valence-corrected chi connectivity index (χ2v) is 9.09. The van der Waals surface area contributed by atoms with Gasteiger partial charge >= 0.3 is 0 Å². The number of carbonyl (C=O) groups is 1. The number of rotatable bonds is 7. The Kier molecular flexibility index (Phi) is 7.18. The monoisotopic (exact) mass is 497 g/mol. The summed E-state index contributed by atoms with van der Waals surface area (Å²) >= 11 is 0. The van der Waals surface area contributed by atoms with Gasteiger partial charge in [-0.1, -0.05) is 6.07 Å². The van der Waals surface area contributed by atoms with E-state index in [9.17, 15) is 4.79 Å². The lowest BCUT2D eigenvalue weighted by atomic mass is 10.1. The third-order valence-corrected chi connectivity index (χ3v) is 6.67. The lowest BCUT2D eigenvalue weighted by Crippen LogP contribution is -2.44. The number of amides is 1. The van der Waals surface area contributed by atoms with Gasteiger partial charge in [-0.15, -0.1) is 10.2 Å². The molecule has 10 heteroatoms. The Morgan fingerprint density at radius 1 is 1.00 bits per heavy atom. The molecule has 1 fully saturated rings. The largest absolute Gasteiger partial charge is 0.356 e. The second kappa shape index (κ2) is 10.8. The molecule has 5 rings (SSSR count). The Hall–Kier alpha value is -4.18. The molecule has 0 spiro atoms. The number of pyridine rings is 1. The summed E-state index contributed by atoms with van der Waals surface area (Å²) in [6, 6.07) is 11.2. The lowest BCUT2D eigenvalue weighted by molar-refractivity contribution is 0.102. The van der Waals surface area contributed by atoms with E-state index in [1.165, 1.54) is 0 Å². The maximum absolute atomic E-state index is 13.0. The summed E-state index contributed by atoms with van der Waals surface area (Å²) in [5, 5.41) is 12.2. The third-order valence-electron chi connectivity index (χ3n) is 6.67. The molecule has 0 aliphatic carbocycles. The standard InChI is InChI=1S/C27H31N9O/c1-4-35(5-2)26-18-28-17-23(30-26)19-6-7-22-21(14-19)15-24(33-32-22)31-27(37)20-8-9-29-25(16-20)36-12-10-34(3)11-13-36/h6-9,14-18H,4-5,10-13H2,1-3H3,(H,31,33,37). The van der Waals surface area contributed by atoms with Gasteiger partial charge in [-0.25, -0.2) is 9.97 Å². The van der Waals surface area contributed by atoms with Crippen LogP contribution in [0.2, 0.25) is 0 Å². The van der Waals surface area contributed by atoms with Crippen LogP contribution in [-0.2, 0) is 0 Å². The molecule has 1 aliphatic rings. The van der Waals surface area contributed by atoms with Gasteiger partial charge in [-0.05, 0) is 51.2 Å². The van der Waals surface area contributed by atoms with Gasteiger partial charge in [0.25, 0.3) is 5.91 Å². The van der Waals surface area contributed by atoms with Crippen LogP contribution in [0, 0.1) is 0 Å². The van der Waals surface area contributed by atoms with Crippen LogP contribution in [0.15, 0.2) is 55.0 Å². The van der Waals surface area contributed by atoms with Crippen LogP contribution in [0.25, 0.3) is 22.2 Å². The van der Waals surface area contributed by atoms with E-state index in [4.69, 9.17) is 4.98 Å². The van der Waals surface area contributed by atoms with E-state index >= 15 is 0 Å². The number of hydrogen-bond acceptors (Lipinski definition) is 9. The van der Waals surface area contributed by atoms with Gasteiger partial charge in [0.1, 0.15) is 11.6 Å². The van der Waals surface area contributed by atoms with Crippen molar-refractivity contribution in [3.05, 3.63) is 60.6 Å². The van der Waals surface area contributed by atoms with Crippen LogP contribution in [0.4, 0.5) is 17.5 Å². The Bertz CT molecular complexity index is 1400. The van der Waals surface area contributed by atoms with E-state index < -0.39 is 0 Å². The normalized spacial score (nSPS) is 14.1. The Labute approximate surface area is 216 Å². The first-order valence-corrected chi connectivity index (χ1v) is 12.6.